The van der Waals surface area contributed by atoms with Crippen LogP contribution in [0, 0.1) is 17.6 Å². The van der Waals surface area contributed by atoms with Gasteiger partial charge in [-0.2, -0.15) is 0 Å². The van der Waals surface area contributed by atoms with Crippen LogP contribution in [-0.4, -0.2) is 59.4 Å². The molecule has 1 aromatic heterocycles. The van der Waals surface area contributed by atoms with Crippen LogP contribution in [0.4, 0.5) is 5.13 Å². The molecule has 0 bridgehead atoms. The van der Waals surface area contributed by atoms with Crippen LogP contribution < -0.4 is 4.65 Å². The Bertz CT molecular complexity index is 588. The van der Waals surface area contributed by atoms with Gasteiger partial charge in [0, 0.05) is 26.5 Å². The molecule has 0 saturated carbocycles. The van der Waals surface area contributed by atoms with E-state index in [1.165, 1.54) is 11.3 Å². The molecule has 0 aliphatic carbocycles. The summed E-state index contributed by atoms with van der Waals surface area (Å²) in [5.74, 6) is 2.59. The number of hydroxylamine groups is 2. The highest BCUT2D eigenvalue weighted by Gasteiger charge is 2.50. The van der Waals surface area contributed by atoms with Crippen LogP contribution in [0.25, 0.3) is 0 Å². The van der Waals surface area contributed by atoms with Crippen molar-refractivity contribution in [2.24, 2.45) is 0 Å². The first-order valence-electron chi connectivity index (χ1n) is 7.94. The molecule has 1 fully saturated rings. The normalized spacial score (nSPS) is 27.2. The predicted molar refractivity (Wildman–Crippen MR) is 94.9 cm³/mol. The van der Waals surface area contributed by atoms with Gasteiger partial charge in [0.05, 0.1) is 6.61 Å². The predicted octanol–water partition coefficient (Wildman–Crippen LogP) is 1.48. The SMILES string of the molecule is C#CCCCN1C[N+]([O-])(c2nnc(CCC=C)s2)C(O)C1COC. The molecule has 2 rings (SSSR count). The fraction of sp³-hybridized carbons (Fsp3) is 0.625. The van der Waals surface area contributed by atoms with Crippen molar-refractivity contribution >= 4 is 16.5 Å². The average molecular weight is 352 g/mol. The lowest BCUT2D eigenvalue weighted by Crippen LogP contribution is -2.51. The summed E-state index contributed by atoms with van der Waals surface area (Å²) in [6.45, 7) is 4.72. The lowest BCUT2D eigenvalue weighted by molar-refractivity contribution is 0.0191. The van der Waals surface area contributed by atoms with Crippen LogP contribution in [0.3, 0.4) is 0 Å². The zero-order chi connectivity index (χ0) is 17.6. The van der Waals surface area contributed by atoms with E-state index < -0.39 is 10.9 Å². The second-order valence-electron chi connectivity index (χ2n) is 5.80. The van der Waals surface area contributed by atoms with E-state index >= 15 is 0 Å². The maximum absolute atomic E-state index is 13.3. The van der Waals surface area contributed by atoms with Crippen molar-refractivity contribution in [1.82, 2.24) is 19.7 Å². The quantitative estimate of drug-likeness (QED) is 0.238. The monoisotopic (exact) mass is 352 g/mol. The van der Waals surface area contributed by atoms with Gasteiger partial charge < -0.3 is 15.1 Å². The van der Waals surface area contributed by atoms with Gasteiger partial charge in [-0.1, -0.05) is 11.2 Å². The van der Waals surface area contributed by atoms with Gasteiger partial charge in [0.15, 0.2) is 0 Å². The molecule has 0 amide bonds. The molecule has 132 valence electrons. The number of hydrogen-bond donors (Lipinski definition) is 1. The summed E-state index contributed by atoms with van der Waals surface area (Å²) in [4.78, 5) is 1.93. The van der Waals surface area contributed by atoms with Crippen LogP contribution in [-0.2, 0) is 11.2 Å². The lowest BCUT2D eigenvalue weighted by Gasteiger charge is -2.37. The first-order valence-corrected chi connectivity index (χ1v) is 8.75. The van der Waals surface area contributed by atoms with Crippen molar-refractivity contribution in [2.75, 3.05) is 26.9 Å². The molecule has 8 heteroatoms. The summed E-state index contributed by atoms with van der Waals surface area (Å²) in [7, 11) is 1.56. The highest BCUT2D eigenvalue weighted by molar-refractivity contribution is 7.15. The lowest BCUT2D eigenvalue weighted by atomic mass is 10.2. The van der Waals surface area contributed by atoms with E-state index in [4.69, 9.17) is 11.2 Å². The molecule has 24 heavy (non-hydrogen) atoms. The molecule has 7 nitrogen and oxygen atoms in total. The topological polar surface area (TPSA) is 81.5 Å². The molecule has 0 aromatic carbocycles. The number of aliphatic hydroxyl groups excluding tert-OH is 1. The maximum Gasteiger partial charge on any atom is 0.309 e. The van der Waals surface area contributed by atoms with Crippen LogP contribution in [0.5, 0.6) is 0 Å². The molecular formula is C16H24N4O3S. The van der Waals surface area contributed by atoms with Gasteiger partial charge >= 0.3 is 5.13 Å². The summed E-state index contributed by atoms with van der Waals surface area (Å²) in [6, 6.07) is -0.384. The van der Waals surface area contributed by atoms with Crippen LogP contribution >= 0.6 is 11.3 Å². The van der Waals surface area contributed by atoms with Gasteiger partial charge in [-0.15, -0.1) is 24.0 Å². The number of unbranched alkanes of at least 4 members (excludes halogenated alkanes) is 1. The first kappa shape index (κ1) is 19.0. The second-order valence-corrected chi connectivity index (χ2v) is 6.84. The Morgan fingerprint density at radius 2 is 2.42 bits per heavy atom. The molecule has 1 N–H and O–H groups in total. The first-order chi connectivity index (χ1) is 11.6. The molecule has 1 aromatic rings. The summed E-state index contributed by atoms with van der Waals surface area (Å²) >= 11 is 1.25. The van der Waals surface area contributed by atoms with Gasteiger partial charge in [-0.3, -0.25) is 4.65 Å². The summed E-state index contributed by atoms with van der Waals surface area (Å²) in [5.41, 5.74) is 0. The third-order valence-corrected chi connectivity index (χ3v) is 5.17. The zero-order valence-corrected chi connectivity index (χ0v) is 14.7. The number of allylic oxidation sites excluding steroid dienone is 1. The van der Waals surface area contributed by atoms with Crippen LogP contribution in [0.1, 0.15) is 24.3 Å². The number of hydrogen-bond acceptors (Lipinski definition) is 7. The van der Waals surface area contributed by atoms with Crippen LogP contribution in [0.2, 0.25) is 0 Å². The van der Waals surface area contributed by atoms with Crippen molar-refractivity contribution < 1.29 is 9.84 Å². The minimum atomic E-state index is -1.16. The third kappa shape index (κ3) is 4.00. The van der Waals surface area contributed by atoms with Crippen molar-refractivity contribution in [1.29, 1.82) is 0 Å². The molecule has 0 radical (unpaired) electrons. The average Bonchev–Trinajstić information content (AvgIpc) is 3.14. The van der Waals surface area contributed by atoms with Crippen LogP contribution in [0.15, 0.2) is 12.7 Å². The molecule has 2 heterocycles. The molecule has 3 unspecified atom stereocenters. The molecule has 1 aliphatic heterocycles. The summed E-state index contributed by atoms with van der Waals surface area (Å²) in [6.07, 6.45) is 8.81. The van der Waals surface area contributed by atoms with Gasteiger partial charge in [0.25, 0.3) is 0 Å². The van der Waals surface area contributed by atoms with E-state index in [0.717, 1.165) is 17.8 Å². The number of methoxy groups -OCH3 is 1. The van der Waals surface area contributed by atoms with Crippen molar-refractivity contribution in [3.05, 3.63) is 22.9 Å². The Hall–Kier alpha value is -1.34. The highest BCUT2D eigenvalue weighted by atomic mass is 32.1. The third-order valence-electron chi connectivity index (χ3n) is 4.08. The number of quaternary nitrogens is 1. The zero-order valence-electron chi connectivity index (χ0n) is 13.9. The van der Waals surface area contributed by atoms with Crippen molar-refractivity contribution in [3.63, 3.8) is 0 Å². The number of aryl methyl sites for hydroxylation is 1. The highest BCUT2D eigenvalue weighted by Crippen LogP contribution is 2.36. The number of terminal acetylenes is 1. The molecule has 0 spiro atoms. The Morgan fingerprint density at radius 1 is 1.62 bits per heavy atom. The largest absolute Gasteiger partial charge is 0.623 e. The van der Waals surface area contributed by atoms with E-state index in [1.54, 1.807) is 13.2 Å². The molecular weight excluding hydrogens is 328 g/mol. The number of nitrogens with zero attached hydrogens (tertiary/aromatic N) is 4. The van der Waals surface area contributed by atoms with Gasteiger partial charge in [-0.25, -0.2) is 4.90 Å². The minimum absolute atomic E-state index is 0.121. The van der Waals surface area contributed by atoms with Gasteiger partial charge in [0.2, 0.25) is 6.23 Å². The Kier molecular flexibility index (Phi) is 6.86. The molecule has 1 aliphatic rings. The van der Waals surface area contributed by atoms with Crippen molar-refractivity contribution in [3.8, 4) is 12.3 Å². The van der Waals surface area contributed by atoms with Gasteiger partial charge in [0.1, 0.15) is 17.7 Å². The standard InChI is InChI=1S/C16H24N4O3S/c1-4-6-8-10-19-12-20(22,15(21)13(19)11-23-3)16-18-17-14(24-16)9-7-5-2/h1,5,13,15,21H,2,6-12H2,3H3. The smallest absolute Gasteiger partial charge is 0.309 e. The second kappa shape index (κ2) is 8.67. The van der Waals surface area contributed by atoms with Crippen molar-refractivity contribution in [2.45, 2.75) is 38.0 Å². The summed E-state index contributed by atoms with van der Waals surface area (Å²) in [5, 5.41) is 33.1. The fourth-order valence-corrected chi connectivity index (χ4v) is 3.72. The maximum atomic E-state index is 13.3. The Morgan fingerprint density at radius 3 is 3.08 bits per heavy atom. The van der Waals surface area contributed by atoms with E-state index in [1.807, 2.05) is 4.90 Å². The number of rotatable bonds is 9. The minimum Gasteiger partial charge on any atom is -0.623 e. The number of ether oxygens (including phenoxy) is 1. The number of aromatic nitrogens is 2. The summed E-state index contributed by atoms with van der Waals surface area (Å²) < 4.78 is 4.28. The molecule has 1 saturated heterocycles. The van der Waals surface area contributed by atoms with E-state index in [-0.39, 0.29) is 24.4 Å². The Labute approximate surface area is 146 Å². The van der Waals surface area contributed by atoms with E-state index in [2.05, 4.69) is 22.7 Å². The van der Waals surface area contributed by atoms with Gasteiger partial charge in [-0.05, 0) is 24.2 Å². The Balaban J connectivity index is 2.16. The van der Waals surface area contributed by atoms with E-state index in [0.29, 0.717) is 19.4 Å². The van der Waals surface area contributed by atoms with E-state index in [9.17, 15) is 10.3 Å². The molecule has 3 atom stereocenters. The number of aliphatic hydroxyl groups is 1. The fourth-order valence-electron chi connectivity index (χ4n) is 2.81.